The van der Waals surface area contributed by atoms with Crippen LogP contribution in [0.3, 0.4) is 0 Å². The highest BCUT2D eigenvalue weighted by Gasteiger charge is 2.39. The highest BCUT2D eigenvalue weighted by atomic mass is 19.3. The number of piperidine rings is 1. The van der Waals surface area contributed by atoms with E-state index in [0.29, 0.717) is 6.54 Å². The van der Waals surface area contributed by atoms with Crippen molar-refractivity contribution >= 4 is 0 Å². The highest BCUT2D eigenvalue weighted by molar-refractivity contribution is 5.14. The van der Waals surface area contributed by atoms with Crippen molar-refractivity contribution in [1.29, 1.82) is 0 Å². The Morgan fingerprint density at radius 1 is 1.29 bits per heavy atom. The lowest BCUT2D eigenvalue weighted by Gasteiger charge is -2.37. The van der Waals surface area contributed by atoms with Crippen molar-refractivity contribution in [3.8, 4) is 0 Å². The molecule has 1 aromatic rings. The summed E-state index contributed by atoms with van der Waals surface area (Å²) >= 11 is 0. The third-order valence-corrected chi connectivity index (χ3v) is 3.39. The van der Waals surface area contributed by atoms with Crippen molar-refractivity contribution in [2.75, 3.05) is 13.1 Å². The van der Waals surface area contributed by atoms with Gasteiger partial charge in [0.25, 0.3) is 5.92 Å². The first kappa shape index (κ1) is 12.5. The van der Waals surface area contributed by atoms with Crippen molar-refractivity contribution in [3.63, 3.8) is 0 Å². The molecular formula is C14H19F2N. The predicted octanol–water partition coefficient (Wildman–Crippen LogP) is 3.55. The van der Waals surface area contributed by atoms with Crippen LogP contribution in [0.5, 0.6) is 0 Å². The number of benzene rings is 1. The summed E-state index contributed by atoms with van der Waals surface area (Å²) in [6.07, 6.45) is 0.885. The molecule has 1 fully saturated rings. The van der Waals surface area contributed by atoms with Gasteiger partial charge in [-0.15, -0.1) is 0 Å². The summed E-state index contributed by atoms with van der Waals surface area (Å²) in [4.78, 5) is 1.88. The van der Waals surface area contributed by atoms with E-state index < -0.39 is 5.92 Å². The van der Waals surface area contributed by atoms with Gasteiger partial charge in [-0.1, -0.05) is 43.7 Å². The first-order valence-electron chi connectivity index (χ1n) is 6.23. The molecule has 0 aliphatic carbocycles. The normalized spacial score (nSPS) is 24.8. The van der Waals surface area contributed by atoms with Crippen molar-refractivity contribution in [1.82, 2.24) is 4.90 Å². The molecule has 2 rings (SSSR count). The lowest BCUT2D eigenvalue weighted by molar-refractivity contribution is -0.0871. The van der Waals surface area contributed by atoms with Gasteiger partial charge in [0.15, 0.2) is 0 Å². The lowest BCUT2D eigenvalue weighted by atomic mass is 9.93. The van der Waals surface area contributed by atoms with E-state index in [1.165, 1.54) is 0 Å². The van der Waals surface area contributed by atoms with Crippen LogP contribution in [0.4, 0.5) is 8.78 Å². The van der Waals surface area contributed by atoms with E-state index >= 15 is 0 Å². The second-order valence-electron chi connectivity index (χ2n) is 4.99. The molecule has 1 aromatic carbocycles. The quantitative estimate of drug-likeness (QED) is 0.779. The molecule has 0 spiro atoms. The Balaban J connectivity index is 2.01. The summed E-state index contributed by atoms with van der Waals surface area (Å²) in [5, 5.41) is 0. The number of likely N-dealkylation sites (tertiary alicyclic amines) is 1. The number of halogens is 2. The molecule has 1 saturated heterocycles. The molecule has 1 aliphatic heterocycles. The Labute approximate surface area is 101 Å². The molecule has 94 valence electrons. The van der Waals surface area contributed by atoms with E-state index in [2.05, 4.69) is 0 Å². The van der Waals surface area contributed by atoms with Crippen LogP contribution in [0.1, 0.15) is 25.3 Å². The van der Waals surface area contributed by atoms with Gasteiger partial charge in [-0.05, 0) is 11.5 Å². The predicted molar refractivity (Wildman–Crippen MR) is 65.1 cm³/mol. The topological polar surface area (TPSA) is 3.24 Å². The third kappa shape index (κ3) is 3.50. The van der Waals surface area contributed by atoms with Gasteiger partial charge in [-0.2, -0.15) is 0 Å². The van der Waals surface area contributed by atoms with Gasteiger partial charge in [-0.25, -0.2) is 8.78 Å². The smallest absolute Gasteiger partial charge is 0.260 e. The zero-order valence-corrected chi connectivity index (χ0v) is 10.2. The zero-order valence-electron chi connectivity index (χ0n) is 10.2. The molecule has 3 heteroatoms. The molecule has 0 saturated carbocycles. The minimum atomic E-state index is -2.52. The number of alkyl halides is 2. The van der Waals surface area contributed by atoms with E-state index in [-0.39, 0.29) is 18.9 Å². The molecule has 1 nitrogen and oxygen atoms in total. The van der Waals surface area contributed by atoms with Crippen molar-refractivity contribution in [2.24, 2.45) is 5.92 Å². The summed E-state index contributed by atoms with van der Waals surface area (Å²) in [7, 11) is 0. The van der Waals surface area contributed by atoms with Crippen molar-refractivity contribution < 1.29 is 8.78 Å². The fourth-order valence-corrected chi connectivity index (χ4v) is 2.54. The Morgan fingerprint density at radius 2 is 2.00 bits per heavy atom. The van der Waals surface area contributed by atoms with Gasteiger partial charge < -0.3 is 0 Å². The van der Waals surface area contributed by atoms with Crippen LogP contribution in [0.2, 0.25) is 0 Å². The highest BCUT2D eigenvalue weighted by Crippen LogP contribution is 2.32. The van der Waals surface area contributed by atoms with E-state index in [0.717, 1.165) is 18.5 Å². The van der Waals surface area contributed by atoms with E-state index in [9.17, 15) is 8.78 Å². The Morgan fingerprint density at radius 3 is 2.65 bits per heavy atom. The van der Waals surface area contributed by atoms with Crippen LogP contribution in [0.15, 0.2) is 30.3 Å². The fourth-order valence-electron chi connectivity index (χ4n) is 2.54. The number of rotatable bonds is 3. The van der Waals surface area contributed by atoms with Gasteiger partial charge in [0, 0.05) is 19.5 Å². The monoisotopic (exact) mass is 239 g/mol. The molecule has 0 unspecified atom stereocenters. The standard InChI is InChI=1S/C14H19F2N/c1-2-12-8-14(15,16)11-17(9-12)10-13-6-4-3-5-7-13/h3-7,12H,2,8-11H2,1H3/t12-/m1/s1. The summed E-state index contributed by atoms with van der Waals surface area (Å²) in [5.41, 5.74) is 1.11. The van der Waals surface area contributed by atoms with Gasteiger partial charge in [0.05, 0.1) is 6.54 Å². The SMILES string of the molecule is CC[C@H]1CN(Cc2ccccc2)CC(F)(F)C1. The molecule has 1 heterocycles. The molecule has 0 amide bonds. The van der Waals surface area contributed by atoms with E-state index in [1.807, 2.05) is 42.2 Å². The maximum Gasteiger partial charge on any atom is 0.260 e. The average molecular weight is 239 g/mol. The number of hydrogen-bond donors (Lipinski definition) is 0. The molecule has 17 heavy (non-hydrogen) atoms. The second kappa shape index (κ2) is 5.13. The molecular weight excluding hydrogens is 220 g/mol. The average Bonchev–Trinajstić information content (AvgIpc) is 2.28. The first-order chi connectivity index (χ1) is 8.09. The Kier molecular flexibility index (Phi) is 3.77. The number of nitrogens with zero attached hydrogens (tertiary/aromatic N) is 1. The van der Waals surface area contributed by atoms with Gasteiger partial charge in [0.2, 0.25) is 0 Å². The summed E-state index contributed by atoms with van der Waals surface area (Å²) < 4.78 is 27.1. The van der Waals surface area contributed by atoms with Gasteiger partial charge in [0.1, 0.15) is 0 Å². The fraction of sp³-hybridized carbons (Fsp3) is 0.571. The summed E-state index contributed by atoms with van der Waals surface area (Å²) in [6.45, 7) is 3.32. The van der Waals surface area contributed by atoms with Crippen LogP contribution in [0, 0.1) is 5.92 Å². The van der Waals surface area contributed by atoms with Crippen LogP contribution in [-0.2, 0) is 6.54 Å². The minimum absolute atomic E-state index is 0.0504. The van der Waals surface area contributed by atoms with Gasteiger partial charge in [-0.3, -0.25) is 4.90 Å². The third-order valence-electron chi connectivity index (χ3n) is 3.39. The Hall–Kier alpha value is -0.960. The van der Waals surface area contributed by atoms with Crippen LogP contribution in [-0.4, -0.2) is 23.9 Å². The van der Waals surface area contributed by atoms with Crippen LogP contribution in [0.25, 0.3) is 0 Å². The van der Waals surface area contributed by atoms with E-state index in [1.54, 1.807) is 0 Å². The Bertz CT molecular complexity index is 350. The van der Waals surface area contributed by atoms with Crippen molar-refractivity contribution in [3.05, 3.63) is 35.9 Å². The summed E-state index contributed by atoms with van der Waals surface area (Å²) in [5.74, 6) is -2.39. The molecule has 1 atom stereocenters. The van der Waals surface area contributed by atoms with E-state index in [4.69, 9.17) is 0 Å². The minimum Gasteiger partial charge on any atom is -0.293 e. The second-order valence-corrected chi connectivity index (χ2v) is 4.99. The molecule has 0 aromatic heterocycles. The zero-order chi connectivity index (χ0) is 12.3. The maximum atomic E-state index is 13.6. The summed E-state index contributed by atoms with van der Waals surface area (Å²) in [6, 6.07) is 9.84. The first-order valence-corrected chi connectivity index (χ1v) is 6.23. The van der Waals surface area contributed by atoms with Crippen molar-refractivity contribution in [2.45, 2.75) is 32.2 Å². The van der Waals surface area contributed by atoms with Gasteiger partial charge >= 0.3 is 0 Å². The molecule has 1 aliphatic rings. The molecule has 0 radical (unpaired) electrons. The number of hydrogen-bond acceptors (Lipinski definition) is 1. The largest absolute Gasteiger partial charge is 0.293 e. The van der Waals surface area contributed by atoms with Crippen LogP contribution >= 0.6 is 0 Å². The van der Waals surface area contributed by atoms with Crippen LogP contribution < -0.4 is 0 Å². The lowest BCUT2D eigenvalue weighted by Crippen LogP contribution is -2.46. The maximum absolute atomic E-state index is 13.6. The molecule has 0 N–H and O–H groups in total. The molecule has 0 bridgehead atoms.